The van der Waals surface area contributed by atoms with Gasteiger partial charge in [0.1, 0.15) is 10.3 Å². The maximum absolute atomic E-state index is 12.9. The number of rotatable bonds is 6. The highest BCUT2D eigenvalue weighted by molar-refractivity contribution is 9.11. The molecule has 2 rings (SSSR count). The number of sulfone groups is 1. The van der Waals surface area contributed by atoms with Gasteiger partial charge in [-0.2, -0.15) is 5.26 Å². The van der Waals surface area contributed by atoms with Crippen molar-refractivity contribution in [1.82, 2.24) is 4.72 Å². The third-order valence-electron chi connectivity index (χ3n) is 4.01. The monoisotopic (exact) mass is 486 g/mol. The van der Waals surface area contributed by atoms with E-state index >= 15 is 0 Å². The Morgan fingerprint density at radius 3 is 2.40 bits per heavy atom. The van der Waals surface area contributed by atoms with E-state index in [9.17, 15) is 18.2 Å². The highest BCUT2D eigenvalue weighted by atomic mass is 79.9. The Balaban J connectivity index is 2.46. The molecular weight excluding hydrogens is 468 g/mol. The third-order valence-corrected chi connectivity index (χ3v) is 10.7. The first-order chi connectivity index (χ1) is 11.3. The normalized spacial score (nSPS) is 20.6. The molecule has 0 aromatic carbocycles. The minimum atomic E-state index is -3.73. The molecule has 1 fully saturated rings. The van der Waals surface area contributed by atoms with Crippen LogP contribution in [0.3, 0.4) is 0 Å². The number of nitrogens with zero attached hydrogens (tertiary/aromatic N) is 1. The van der Waals surface area contributed by atoms with Crippen molar-refractivity contribution < 1.29 is 13.0 Å². The van der Waals surface area contributed by atoms with Crippen molar-refractivity contribution in [1.29, 1.82) is 5.26 Å². The lowest BCUT2D eigenvalue weighted by Gasteiger charge is -2.34. The third kappa shape index (κ3) is 4.37. The van der Waals surface area contributed by atoms with Crippen LogP contribution >= 0.6 is 38.9 Å². The van der Waals surface area contributed by atoms with Crippen molar-refractivity contribution in [3.05, 3.63) is 19.8 Å². The molecule has 1 aliphatic carbocycles. The van der Waals surface area contributed by atoms with E-state index in [1.165, 1.54) is 11.3 Å². The molecule has 0 amide bonds. The summed E-state index contributed by atoms with van der Waals surface area (Å²) >= 11 is 9.44. The Labute approximate surface area is 169 Å². The molecule has 1 heterocycles. The standard InChI is InChI=1S/C15H20BrClN2O3S3/c1-13(2,3)24(20)19-14(4,12-10(17)7-11(16)23-12)9-25(21,22)15(8-18)5-6-15/h7,19H,5-6,9H2,1-4H3/t14-,24?/m0/s1. The van der Waals surface area contributed by atoms with E-state index in [-0.39, 0.29) is 5.75 Å². The van der Waals surface area contributed by atoms with E-state index in [1.54, 1.807) is 33.8 Å². The van der Waals surface area contributed by atoms with Crippen LogP contribution in [-0.4, -0.2) is 28.2 Å². The first-order valence-electron chi connectivity index (χ1n) is 7.55. The number of hydrogen-bond acceptors (Lipinski definition) is 6. The van der Waals surface area contributed by atoms with Gasteiger partial charge in [0.05, 0.1) is 20.6 Å². The maximum Gasteiger partial charge on any atom is 0.171 e. The lowest BCUT2D eigenvalue weighted by atomic mass is 10.1. The van der Waals surface area contributed by atoms with E-state index in [2.05, 4.69) is 20.7 Å². The van der Waals surface area contributed by atoms with Crippen molar-refractivity contribution in [2.45, 2.75) is 55.6 Å². The zero-order valence-electron chi connectivity index (χ0n) is 14.4. The van der Waals surface area contributed by atoms with Crippen molar-refractivity contribution in [3.63, 3.8) is 0 Å². The highest BCUT2D eigenvalue weighted by Gasteiger charge is 2.58. The van der Waals surface area contributed by atoms with Gasteiger partial charge in [-0.25, -0.2) is 8.42 Å². The molecule has 1 aromatic heterocycles. The predicted molar refractivity (Wildman–Crippen MR) is 107 cm³/mol. The molecule has 1 unspecified atom stereocenters. The van der Waals surface area contributed by atoms with Crippen molar-refractivity contribution in [2.75, 3.05) is 5.75 Å². The second-order valence-corrected chi connectivity index (χ2v) is 14.5. The Kier molecular flexibility index (Phi) is 5.99. The van der Waals surface area contributed by atoms with Gasteiger partial charge in [-0.1, -0.05) is 11.6 Å². The van der Waals surface area contributed by atoms with Crippen LogP contribution in [0.1, 0.15) is 45.4 Å². The van der Waals surface area contributed by atoms with Crippen molar-refractivity contribution in [3.8, 4) is 6.07 Å². The van der Waals surface area contributed by atoms with Crippen LogP contribution in [0.25, 0.3) is 0 Å². The smallest absolute Gasteiger partial charge is 0.171 e. The largest absolute Gasteiger partial charge is 0.598 e. The fraction of sp³-hybridized carbons (Fsp3) is 0.667. The van der Waals surface area contributed by atoms with Crippen molar-refractivity contribution >= 4 is 60.1 Å². The number of hydrogen-bond donors (Lipinski definition) is 1. The molecule has 10 heteroatoms. The minimum Gasteiger partial charge on any atom is -0.598 e. The van der Waals surface area contributed by atoms with E-state index in [1.807, 2.05) is 6.07 Å². The second kappa shape index (κ2) is 6.97. The summed E-state index contributed by atoms with van der Waals surface area (Å²) in [6.45, 7) is 7.07. The molecule has 0 bridgehead atoms. The van der Waals surface area contributed by atoms with Gasteiger partial charge in [-0.05, 0) is 62.5 Å². The summed E-state index contributed by atoms with van der Waals surface area (Å²) in [6.07, 6.45) is 0.679. The molecular formula is C15H20BrClN2O3S3. The summed E-state index contributed by atoms with van der Waals surface area (Å²) in [5.41, 5.74) is -1.17. The molecule has 2 atom stereocenters. The molecule has 0 aliphatic heterocycles. The summed E-state index contributed by atoms with van der Waals surface area (Å²) in [4.78, 5) is 0.580. The van der Waals surface area contributed by atoms with Crippen LogP contribution < -0.4 is 4.72 Å². The molecule has 140 valence electrons. The van der Waals surface area contributed by atoms with Crippen LogP contribution in [0.4, 0.5) is 0 Å². The quantitative estimate of drug-likeness (QED) is 0.614. The topological polar surface area (TPSA) is 93.0 Å². The molecule has 0 radical (unpaired) electrons. The zero-order chi connectivity index (χ0) is 19.3. The number of nitriles is 1. The summed E-state index contributed by atoms with van der Waals surface area (Å²) in [6, 6.07) is 3.63. The Bertz CT molecular complexity index is 809. The average Bonchev–Trinajstić information content (AvgIpc) is 3.17. The molecule has 1 aliphatic rings. The van der Waals surface area contributed by atoms with Crippen LogP contribution in [0.2, 0.25) is 5.02 Å². The summed E-state index contributed by atoms with van der Waals surface area (Å²) < 4.78 is 40.2. The molecule has 0 saturated heterocycles. The molecule has 1 aromatic rings. The molecule has 1 N–H and O–H groups in total. The Morgan fingerprint density at radius 2 is 2.04 bits per heavy atom. The first-order valence-corrected chi connectivity index (χ1v) is 12.3. The summed E-state index contributed by atoms with van der Waals surface area (Å²) in [7, 11) is -3.73. The van der Waals surface area contributed by atoms with Gasteiger partial charge in [0.25, 0.3) is 0 Å². The van der Waals surface area contributed by atoms with Crippen LogP contribution in [0.5, 0.6) is 0 Å². The van der Waals surface area contributed by atoms with Crippen LogP contribution in [-0.2, 0) is 26.7 Å². The highest BCUT2D eigenvalue weighted by Crippen LogP contribution is 2.47. The van der Waals surface area contributed by atoms with E-state index in [0.717, 1.165) is 3.79 Å². The predicted octanol–water partition coefficient (Wildman–Crippen LogP) is 3.90. The zero-order valence-corrected chi connectivity index (χ0v) is 19.1. The molecule has 25 heavy (non-hydrogen) atoms. The summed E-state index contributed by atoms with van der Waals surface area (Å²) in [5, 5.41) is 9.69. The molecule has 1 saturated carbocycles. The van der Waals surface area contributed by atoms with Gasteiger partial charge >= 0.3 is 0 Å². The number of halogens is 2. The molecule has 5 nitrogen and oxygen atoms in total. The lowest BCUT2D eigenvalue weighted by molar-refractivity contribution is 0.458. The number of thiophene rings is 1. The SMILES string of the molecule is CC(C)(C)[S+]([O-])N[C@@](C)(CS(=O)(=O)C1(C#N)CC1)c1sc(Br)cc1Cl. The van der Waals surface area contributed by atoms with E-state index in [4.69, 9.17) is 11.6 Å². The second-order valence-electron chi connectivity index (χ2n) is 7.41. The Morgan fingerprint density at radius 1 is 1.48 bits per heavy atom. The average molecular weight is 488 g/mol. The van der Waals surface area contributed by atoms with Crippen molar-refractivity contribution in [2.24, 2.45) is 0 Å². The Hall–Kier alpha value is 0.180. The minimum absolute atomic E-state index is 0.339. The summed E-state index contributed by atoms with van der Waals surface area (Å²) in [5.74, 6) is -0.345. The molecule has 0 spiro atoms. The van der Waals surface area contributed by atoms with Gasteiger partial charge in [-0.3, -0.25) is 0 Å². The first kappa shape index (κ1) is 21.5. The lowest BCUT2D eigenvalue weighted by Crippen LogP contribution is -2.53. The number of nitrogens with one attached hydrogen (secondary N) is 1. The van der Waals surface area contributed by atoms with Gasteiger partial charge < -0.3 is 4.55 Å². The van der Waals surface area contributed by atoms with E-state index in [0.29, 0.717) is 22.7 Å². The van der Waals surface area contributed by atoms with Gasteiger partial charge in [0, 0.05) is 16.2 Å². The van der Waals surface area contributed by atoms with Gasteiger partial charge in [0.15, 0.2) is 14.6 Å². The van der Waals surface area contributed by atoms with Gasteiger partial charge in [0.2, 0.25) is 0 Å². The van der Waals surface area contributed by atoms with Gasteiger partial charge in [-0.15, -0.1) is 16.1 Å². The maximum atomic E-state index is 12.9. The fourth-order valence-corrected chi connectivity index (χ4v) is 7.81. The van der Waals surface area contributed by atoms with Crippen LogP contribution in [0, 0.1) is 11.3 Å². The van der Waals surface area contributed by atoms with Crippen LogP contribution in [0.15, 0.2) is 9.85 Å². The fourth-order valence-electron chi connectivity index (χ4n) is 2.34. The van der Waals surface area contributed by atoms with E-state index < -0.39 is 36.2 Å².